The molecule has 0 saturated heterocycles. The molecule has 3 heteroatoms. The Labute approximate surface area is 101 Å². The summed E-state index contributed by atoms with van der Waals surface area (Å²) in [6.45, 7) is 0.185. The fraction of sp³-hybridized carbons (Fsp3) is 0.0714. The molecule has 2 heterocycles. The second-order valence-corrected chi connectivity index (χ2v) is 5.24. The average molecular weight is 240 g/mol. The normalized spacial score (nSPS) is 14.2. The lowest BCUT2D eigenvalue weighted by Gasteiger charge is -1.97. The van der Waals surface area contributed by atoms with Gasteiger partial charge in [-0.25, -0.2) is 0 Å². The van der Waals surface area contributed by atoms with E-state index >= 15 is 0 Å². The Morgan fingerprint density at radius 1 is 1.06 bits per heavy atom. The van der Waals surface area contributed by atoms with Crippen molar-refractivity contribution in [2.75, 3.05) is 6.61 Å². The smallest absolute Gasteiger partial charge is 0.203 e. The Kier molecular flexibility index (Phi) is 1.66. The number of ketones is 1. The van der Waals surface area contributed by atoms with Crippen LogP contribution in [0.2, 0.25) is 0 Å². The first kappa shape index (κ1) is 9.19. The van der Waals surface area contributed by atoms with Crippen LogP contribution in [0.5, 0.6) is 5.75 Å². The average Bonchev–Trinajstić information content (AvgIpc) is 2.88. The minimum Gasteiger partial charge on any atom is -0.485 e. The molecule has 0 spiro atoms. The summed E-state index contributed by atoms with van der Waals surface area (Å²) >= 11 is 1.72. The van der Waals surface area contributed by atoms with Gasteiger partial charge in [-0.1, -0.05) is 18.2 Å². The molecular formula is C14H8O2S. The van der Waals surface area contributed by atoms with Crippen molar-refractivity contribution in [2.24, 2.45) is 0 Å². The van der Waals surface area contributed by atoms with Gasteiger partial charge in [0, 0.05) is 20.2 Å². The number of hydrogen-bond acceptors (Lipinski definition) is 3. The minimum atomic E-state index is 0.0827. The molecule has 0 amide bonds. The third kappa shape index (κ3) is 1.17. The van der Waals surface area contributed by atoms with Crippen molar-refractivity contribution in [3.05, 3.63) is 42.0 Å². The fourth-order valence-electron chi connectivity index (χ4n) is 2.31. The number of carbonyl (C=O) groups is 1. The van der Waals surface area contributed by atoms with Crippen molar-refractivity contribution in [3.8, 4) is 5.75 Å². The first-order valence-electron chi connectivity index (χ1n) is 5.44. The maximum absolute atomic E-state index is 11.6. The number of rotatable bonds is 0. The highest BCUT2D eigenvalue weighted by molar-refractivity contribution is 7.25. The molecule has 0 saturated carbocycles. The summed E-state index contributed by atoms with van der Waals surface area (Å²) in [6, 6.07) is 12.2. The SMILES string of the molecule is O=C1COc2cc3c(cc21)sc1ccccc13. The van der Waals surface area contributed by atoms with Crippen LogP contribution in [-0.4, -0.2) is 12.4 Å². The zero-order valence-electron chi connectivity index (χ0n) is 8.90. The van der Waals surface area contributed by atoms with E-state index in [1.807, 2.05) is 24.3 Å². The predicted octanol–water partition coefficient (Wildman–Crippen LogP) is 3.63. The van der Waals surface area contributed by atoms with E-state index < -0.39 is 0 Å². The van der Waals surface area contributed by atoms with Gasteiger partial charge >= 0.3 is 0 Å². The largest absolute Gasteiger partial charge is 0.485 e. The standard InChI is InChI=1S/C14H8O2S/c15-11-7-16-12-5-9-8-3-1-2-4-13(8)17-14(9)6-10(11)12/h1-6H,7H2. The molecular weight excluding hydrogens is 232 g/mol. The summed E-state index contributed by atoms with van der Waals surface area (Å²) in [5, 5.41) is 2.41. The van der Waals surface area contributed by atoms with E-state index in [0.29, 0.717) is 0 Å². The monoisotopic (exact) mass is 240 g/mol. The first-order valence-corrected chi connectivity index (χ1v) is 6.26. The van der Waals surface area contributed by atoms with Crippen molar-refractivity contribution >= 4 is 37.3 Å². The van der Waals surface area contributed by atoms with Gasteiger partial charge in [-0.3, -0.25) is 4.79 Å². The molecule has 0 radical (unpaired) electrons. The summed E-state index contributed by atoms with van der Waals surface area (Å²) in [7, 11) is 0. The quantitative estimate of drug-likeness (QED) is 0.599. The van der Waals surface area contributed by atoms with Crippen molar-refractivity contribution in [1.29, 1.82) is 0 Å². The molecule has 1 aromatic heterocycles. The predicted molar refractivity (Wildman–Crippen MR) is 69.2 cm³/mol. The molecule has 0 atom stereocenters. The molecule has 1 aliphatic rings. The zero-order valence-corrected chi connectivity index (χ0v) is 9.71. The van der Waals surface area contributed by atoms with Crippen molar-refractivity contribution in [1.82, 2.24) is 0 Å². The fourth-order valence-corrected chi connectivity index (χ4v) is 3.44. The van der Waals surface area contributed by atoms with Crippen LogP contribution in [0.4, 0.5) is 0 Å². The topological polar surface area (TPSA) is 26.3 Å². The van der Waals surface area contributed by atoms with Gasteiger partial charge in [-0.05, 0) is 18.2 Å². The number of ether oxygens (including phenoxy) is 1. The third-order valence-electron chi connectivity index (χ3n) is 3.14. The third-order valence-corrected chi connectivity index (χ3v) is 4.27. The van der Waals surface area contributed by atoms with Crippen LogP contribution in [0.1, 0.15) is 10.4 Å². The summed E-state index contributed by atoms with van der Waals surface area (Å²) in [4.78, 5) is 11.6. The maximum Gasteiger partial charge on any atom is 0.203 e. The lowest BCUT2D eigenvalue weighted by atomic mass is 10.1. The van der Waals surface area contributed by atoms with Crippen LogP contribution < -0.4 is 4.74 Å². The molecule has 2 aromatic carbocycles. The van der Waals surface area contributed by atoms with Crippen LogP contribution in [0.25, 0.3) is 20.2 Å². The van der Waals surface area contributed by atoms with Crippen molar-refractivity contribution in [2.45, 2.75) is 0 Å². The van der Waals surface area contributed by atoms with E-state index in [1.54, 1.807) is 11.3 Å². The highest BCUT2D eigenvalue weighted by Crippen LogP contribution is 2.39. The summed E-state index contributed by atoms with van der Waals surface area (Å²) in [5.74, 6) is 0.811. The molecule has 17 heavy (non-hydrogen) atoms. The number of carbonyl (C=O) groups excluding carboxylic acids is 1. The molecule has 0 N–H and O–H groups in total. The van der Waals surface area contributed by atoms with E-state index in [4.69, 9.17) is 4.74 Å². The molecule has 0 bridgehead atoms. The molecule has 4 rings (SSSR count). The number of hydrogen-bond donors (Lipinski definition) is 0. The number of thiophene rings is 1. The Morgan fingerprint density at radius 2 is 1.94 bits per heavy atom. The zero-order chi connectivity index (χ0) is 11.4. The molecule has 82 valence electrons. The lowest BCUT2D eigenvalue weighted by Crippen LogP contribution is -1.98. The molecule has 3 aromatic rings. The summed E-state index contributed by atoms with van der Waals surface area (Å²) < 4.78 is 7.80. The van der Waals surface area contributed by atoms with Gasteiger partial charge in [-0.15, -0.1) is 11.3 Å². The Balaban J connectivity index is 2.18. The maximum atomic E-state index is 11.6. The Hall–Kier alpha value is -1.87. The highest BCUT2D eigenvalue weighted by Gasteiger charge is 2.22. The second-order valence-electron chi connectivity index (χ2n) is 4.15. The van der Waals surface area contributed by atoms with Gasteiger partial charge in [0.15, 0.2) is 6.61 Å². The molecule has 0 fully saturated rings. The van der Waals surface area contributed by atoms with Crippen LogP contribution >= 0.6 is 11.3 Å². The highest BCUT2D eigenvalue weighted by atomic mass is 32.1. The second kappa shape index (κ2) is 3.08. The number of benzene rings is 2. The molecule has 0 unspecified atom stereocenters. The van der Waals surface area contributed by atoms with E-state index in [-0.39, 0.29) is 12.4 Å². The molecule has 0 aliphatic carbocycles. The first-order chi connectivity index (χ1) is 8.33. The van der Waals surface area contributed by atoms with Gasteiger partial charge in [0.25, 0.3) is 0 Å². The van der Waals surface area contributed by atoms with Gasteiger partial charge in [0.05, 0.1) is 5.56 Å². The summed E-state index contributed by atoms with van der Waals surface area (Å²) in [6.07, 6.45) is 0. The lowest BCUT2D eigenvalue weighted by molar-refractivity contribution is 0.0961. The van der Waals surface area contributed by atoms with Crippen LogP contribution in [0, 0.1) is 0 Å². The minimum absolute atomic E-state index is 0.0827. The van der Waals surface area contributed by atoms with E-state index in [9.17, 15) is 4.79 Å². The van der Waals surface area contributed by atoms with Crippen LogP contribution in [0.3, 0.4) is 0 Å². The van der Waals surface area contributed by atoms with Crippen LogP contribution in [-0.2, 0) is 0 Å². The Morgan fingerprint density at radius 3 is 2.88 bits per heavy atom. The summed E-state index contributed by atoms with van der Waals surface area (Å²) in [5.41, 5.74) is 0.726. The van der Waals surface area contributed by atoms with Gasteiger partial charge in [0.2, 0.25) is 5.78 Å². The van der Waals surface area contributed by atoms with Crippen molar-refractivity contribution in [3.63, 3.8) is 0 Å². The van der Waals surface area contributed by atoms with Gasteiger partial charge in [0.1, 0.15) is 5.75 Å². The molecule has 2 nitrogen and oxygen atoms in total. The van der Waals surface area contributed by atoms with E-state index in [1.165, 1.54) is 15.5 Å². The number of fused-ring (bicyclic) bond motifs is 4. The van der Waals surface area contributed by atoms with Gasteiger partial charge < -0.3 is 4.74 Å². The van der Waals surface area contributed by atoms with Gasteiger partial charge in [-0.2, -0.15) is 0 Å². The molecule has 1 aliphatic heterocycles. The van der Waals surface area contributed by atoms with E-state index in [0.717, 1.165) is 16.0 Å². The van der Waals surface area contributed by atoms with Crippen LogP contribution in [0.15, 0.2) is 36.4 Å². The van der Waals surface area contributed by atoms with Crippen molar-refractivity contribution < 1.29 is 9.53 Å². The number of Topliss-reactive ketones (excluding diaryl/α,β-unsaturated/α-hetero) is 1. The van der Waals surface area contributed by atoms with E-state index in [2.05, 4.69) is 12.1 Å². The Bertz CT molecular complexity index is 770.